The lowest BCUT2D eigenvalue weighted by molar-refractivity contribution is 0.496. The van der Waals surface area contributed by atoms with E-state index in [0.29, 0.717) is 25.9 Å². The topological polar surface area (TPSA) is 46.2 Å². The zero-order valence-electron chi connectivity index (χ0n) is 9.12. The summed E-state index contributed by atoms with van der Waals surface area (Å²) in [4.78, 5) is 0.0347. The van der Waals surface area contributed by atoms with Gasteiger partial charge in [0, 0.05) is 0 Å². The third-order valence-corrected chi connectivity index (χ3v) is 5.67. The lowest BCUT2D eigenvalue weighted by atomic mass is 10.2. The molecule has 1 aromatic rings. The van der Waals surface area contributed by atoms with Crippen molar-refractivity contribution >= 4 is 21.4 Å². The second kappa shape index (κ2) is 4.92. The fraction of sp³-hybridized carbons (Fsp3) is 0.455. The summed E-state index contributed by atoms with van der Waals surface area (Å²) in [6.45, 7) is 1.37. The summed E-state index contributed by atoms with van der Waals surface area (Å²) in [6, 6.07) is 3.41. The molecule has 0 unspecified atom stereocenters. The standard InChI is InChI=1S/C11H13ClFNO2S/c12-10-7-8(13)1-2-11(10)17(15,16)9-3-5-14-6-4-9/h1-2,7,9,14H,3-6H2. The van der Waals surface area contributed by atoms with Gasteiger partial charge in [0.25, 0.3) is 0 Å². The van der Waals surface area contributed by atoms with Crippen LogP contribution in [0.4, 0.5) is 4.39 Å². The van der Waals surface area contributed by atoms with Gasteiger partial charge in [-0.05, 0) is 44.1 Å². The summed E-state index contributed by atoms with van der Waals surface area (Å²) in [7, 11) is -3.45. The van der Waals surface area contributed by atoms with Gasteiger partial charge in [0.15, 0.2) is 9.84 Å². The van der Waals surface area contributed by atoms with E-state index in [1.165, 1.54) is 6.07 Å². The van der Waals surface area contributed by atoms with Gasteiger partial charge < -0.3 is 5.32 Å². The Hall–Kier alpha value is -0.650. The van der Waals surface area contributed by atoms with E-state index in [-0.39, 0.29) is 9.92 Å². The maximum absolute atomic E-state index is 12.9. The van der Waals surface area contributed by atoms with E-state index in [4.69, 9.17) is 11.6 Å². The van der Waals surface area contributed by atoms with E-state index < -0.39 is 20.9 Å². The number of benzene rings is 1. The quantitative estimate of drug-likeness (QED) is 0.841. The van der Waals surface area contributed by atoms with E-state index in [2.05, 4.69) is 5.32 Å². The molecule has 0 bridgehead atoms. The molecule has 0 amide bonds. The molecule has 1 aliphatic rings. The maximum Gasteiger partial charge on any atom is 0.182 e. The molecule has 0 aromatic heterocycles. The number of piperidine rings is 1. The van der Waals surface area contributed by atoms with E-state index in [9.17, 15) is 12.8 Å². The van der Waals surface area contributed by atoms with Crippen molar-refractivity contribution in [2.24, 2.45) is 0 Å². The monoisotopic (exact) mass is 277 g/mol. The van der Waals surface area contributed by atoms with Crippen LogP contribution in [-0.4, -0.2) is 26.8 Å². The highest BCUT2D eigenvalue weighted by molar-refractivity contribution is 7.92. The number of halogens is 2. The lowest BCUT2D eigenvalue weighted by Gasteiger charge is -2.23. The van der Waals surface area contributed by atoms with Crippen molar-refractivity contribution < 1.29 is 12.8 Å². The number of sulfone groups is 1. The Morgan fingerprint density at radius 3 is 2.53 bits per heavy atom. The van der Waals surface area contributed by atoms with Crippen LogP contribution in [0.3, 0.4) is 0 Å². The zero-order chi connectivity index (χ0) is 12.5. The van der Waals surface area contributed by atoms with Crippen molar-refractivity contribution in [2.45, 2.75) is 23.0 Å². The van der Waals surface area contributed by atoms with Crippen LogP contribution in [0.2, 0.25) is 5.02 Å². The van der Waals surface area contributed by atoms with E-state index >= 15 is 0 Å². The molecule has 6 heteroatoms. The van der Waals surface area contributed by atoms with Gasteiger partial charge in [-0.3, -0.25) is 0 Å². The molecule has 0 saturated carbocycles. The van der Waals surface area contributed by atoms with Crippen LogP contribution < -0.4 is 5.32 Å². The number of rotatable bonds is 2. The second-order valence-corrected chi connectivity index (χ2v) is 6.67. The largest absolute Gasteiger partial charge is 0.317 e. The highest BCUT2D eigenvalue weighted by Gasteiger charge is 2.30. The first kappa shape index (κ1) is 12.8. The minimum atomic E-state index is -3.45. The molecule has 0 radical (unpaired) electrons. The Kier molecular flexibility index (Phi) is 3.70. The molecule has 17 heavy (non-hydrogen) atoms. The molecule has 3 nitrogen and oxygen atoms in total. The lowest BCUT2D eigenvalue weighted by Crippen LogP contribution is -2.35. The van der Waals surface area contributed by atoms with Crippen molar-refractivity contribution in [2.75, 3.05) is 13.1 Å². The molecule has 0 spiro atoms. The van der Waals surface area contributed by atoms with E-state index in [1.54, 1.807) is 0 Å². The second-order valence-electron chi connectivity index (χ2n) is 4.07. The highest BCUT2D eigenvalue weighted by Crippen LogP contribution is 2.28. The Morgan fingerprint density at radius 2 is 1.94 bits per heavy atom. The SMILES string of the molecule is O=S(=O)(c1ccc(F)cc1Cl)C1CCNCC1. The van der Waals surface area contributed by atoms with Gasteiger partial charge in [0.2, 0.25) is 0 Å². The summed E-state index contributed by atoms with van der Waals surface area (Å²) in [5, 5.41) is 2.64. The Bertz CT molecular complexity index is 512. The van der Waals surface area contributed by atoms with Crippen molar-refractivity contribution in [3.8, 4) is 0 Å². The predicted octanol–water partition coefficient (Wildman–Crippen LogP) is 2.00. The normalized spacial score (nSPS) is 18.2. The Morgan fingerprint density at radius 1 is 1.29 bits per heavy atom. The van der Waals surface area contributed by atoms with Crippen LogP contribution in [0, 0.1) is 5.82 Å². The van der Waals surface area contributed by atoms with Gasteiger partial charge in [-0.1, -0.05) is 11.6 Å². The number of hydrogen-bond donors (Lipinski definition) is 1. The van der Waals surface area contributed by atoms with Crippen LogP contribution in [0.15, 0.2) is 23.1 Å². The molecule has 0 aliphatic carbocycles. The Labute approximate surface area is 105 Å². The Balaban J connectivity index is 2.37. The maximum atomic E-state index is 12.9. The fourth-order valence-corrected chi connectivity index (χ4v) is 4.28. The molecule has 1 fully saturated rings. The molecule has 1 heterocycles. The highest BCUT2D eigenvalue weighted by atomic mass is 35.5. The van der Waals surface area contributed by atoms with Gasteiger partial charge in [-0.2, -0.15) is 0 Å². The van der Waals surface area contributed by atoms with E-state index in [1.807, 2.05) is 0 Å². The summed E-state index contributed by atoms with van der Waals surface area (Å²) in [6.07, 6.45) is 1.13. The average Bonchev–Trinajstić information content (AvgIpc) is 2.29. The first-order valence-corrected chi connectivity index (χ1v) is 7.34. The first-order chi connectivity index (χ1) is 8.01. The zero-order valence-corrected chi connectivity index (χ0v) is 10.7. The molecule has 0 atom stereocenters. The molecular weight excluding hydrogens is 265 g/mol. The van der Waals surface area contributed by atoms with Gasteiger partial charge in [-0.25, -0.2) is 12.8 Å². The van der Waals surface area contributed by atoms with Crippen LogP contribution in [-0.2, 0) is 9.84 Å². The minimum Gasteiger partial charge on any atom is -0.317 e. The number of hydrogen-bond acceptors (Lipinski definition) is 3. The summed E-state index contributed by atoms with van der Waals surface area (Å²) in [5.74, 6) is -0.528. The van der Waals surface area contributed by atoms with Crippen LogP contribution in [0.1, 0.15) is 12.8 Å². The third-order valence-electron chi connectivity index (χ3n) is 2.93. The molecule has 1 aromatic carbocycles. The van der Waals surface area contributed by atoms with Gasteiger partial charge in [0.05, 0.1) is 15.2 Å². The average molecular weight is 278 g/mol. The summed E-state index contributed by atoms with van der Waals surface area (Å²) in [5.41, 5.74) is 0. The van der Waals surface area contributed by atoms with Crippen molar-refractivity contribution in [1.82, 2.24) is 5.32 Å². The van der Waals surface area contributed by atoms with Crippen LogP contribution >= 0.6 is 11.6 Å². The molecule has 2 rings (SSSR count). The van der Waals surface area contributed by atoms with Crippen LogP contribution in [0.25, 0.3) is 0 Å². The first-order valence-electron chi connectivity index (χ1n) is 5.41. The van der Waals surface area contributed by atoms with Crippen molar-refractivity contribution in [1.29, 1.82) is 0 Å². The van der Waals surface area contributed by atoms with Crippen LogP contribution in [0.5, 0.6) is 0 Å². The summed E-state index contributed by atoms with van der Waals surface area (Å²) < 4.78 is 37.5. The van der Waals surface area contributed by atoms with Crippen molar-refractivity contribution in [3.63, 3.8) is 0 Å². The molecule has 1 aliphatic heterocycles. The van der Waals surface area contributed by atoms with Gasteiger partial charge in [-0.15, -0.1) is 0 Å². The molecular formula is C11H13ClFNO2S. The number of nitrogens with one attached hydrogen (secondary N) is 1. The molecule has 94 valence electrons. The molecule has 1 saturated heterocycles. The summed E-state index contributed by atoms with van der Waals surface area (Å²) >= 11 is 5.80. The van der Waals surface area contributed by atoms with Gasteiger partial charge >= 0.3 is 0 Å². The minimum absolute atomic E-state index is 0.0347. The predicted molar refractivity (Wildman–Crippen MR) is 64.5 cm³/mol. The van der Waals surface area contributed by atoms with Gasteiger partial charge in [0.1, 0.15) is 5.82 Å². The van der Waals surface area contributed by atoms with E-state index in [0.717, 1.165) is 12.1 Å². The smallest absolute Gasteiger partial charge is 0.182 e. The fourth-order valence-electron chi connectivity index (χ4n) is 1.99. The molecule has 1 N–H and O–H groups in total. The van der Waals surface area contributed by atoms with Crippen molar-refractivity contribution in [3.05, 3.63) is 29.0 Å². The third kappa shape index (κ3) is 2.61.